The van der Waals surface area contributed by atoms with Crippen LogP contribution in [0.5, 0.6) is 5.75 Å². The molecule has 0 radical (unpaired) electrons. The first kappa shape index (κ1) is 18.7. The van der Waals surface area contributed by atoms with E-state index >= 15 is 0 Å². The average Bonchev–Trinajstić information content (AvgIpc) is 2.52. The van der Waals surface area contributed by atoms with Gasteiger partial charge in [-0.1, -0.05) is 0 Å². The smallest absolute Gasteiger partial charge is 0.202 e. The summed E-state index contributed by atoms with van der Waals surface area (Å²) in [6.45, 7) is 0.331. The van der Waals surface area contributed by atoms with Gasteiger partial charge in [-0.25, -0.2) is 0 Å². The van der Waals surface area contributed by atoms with Gasteiger partial charge in [0.1, 0.15) is 18.0 Å². The van der Waals surface area contributed by atoms with Crippen LogP contribution in [-0.2, 0) is 14.2 Å². The van der Waals surface area contributed by atoms with Crippen LogP contribution >= 0.6 is 0 Å². The summed E-state index contributed by atoms with van der Waals surface area (Å²) in [4.78, 5) is 0. The van der Waals surface area contributed by atoms with Gasteiger partial charge in [-0.3, -0.25) is 0 Å². The molecule has 0 bridgehead atoms. The predicted molar refractivity (Wildman–Crippen MR) is 81.6 cm³/mol. The third-order valence-electron chi connectivity index (χ3n) is 3.26. The minimum atomic E-state index is -0.660. The van der Waals surface area contributed by atoms with Crippen LogP contribution in [0.2, 0.25) is 0 Å². The average molecular weight is 315 g/mol. The molecule has 1 saturated heterocycles. The van der Waals surface area contributed by atoms with Crippen molar-refractivity contribution in [3.63, 3.8) is 0 Å². The molecule has 1 aliphatic rings. The quantitative estimate of drug-likeness (QED) is 0.675. The van der Waals surface area contributed by atoms with E-state index in [0.29, 0.717) is 24.5 Å². The van der Waals surface area contributed by atoms with E-state index < -0.39 is 18.5 Å². The monoisotopic (exact) mass is 315 g/mol. The second-order valence-electron chi connectivity index (χ2n) is 4.75. The third kappa shape index (κ3) is 5.11. The SMILES string of the molecule is CO.COC[C@H]1OC(Oc2ccc(N)cc2)C[C@@H](O)[C@H]1OC. The fourth-order valence-corrected chi connectivity index (χ4v) is 2.29. The second-order valence-corrected chi connectivity index (χ2v) is 4.75. The third-order valence-corrected chi connectivity index (χ3v) is 3.26. The van der Waals surface area contributed by atoms with Gasteiger partial charge in [0.2, 0.25) is 6.29 Å². The number of aliphatic hydroxyl groups excluding tert-OH is 2. The van der Waals surface area contributed by atoms with Crippen molar-refractivity contribution in [1.29, 1.82) is 0 Å². The summed E-state index contributed by atoms with van der Waals surface area (Å²) in [5.74, 6) is 0.642. The van der Waals surface area contributed by atoms with Crippen molar-refractivity contribution in [2.24, 2.45) is 0 Å². The summed E-state index contributed by atoms with van der Waals surface area (Å²) in [5, 5.41) is 17.1. The number of rotatable bonds is 5. The van der Waals surface area contributed by atoms with E-state index in [1.165, 1.54) is 0 Å². The number of ether oxygens (including phenoxy) is 4. The van der Waals surface area contributed by atoms with Crippen molar-refractivity contribution in [3.8, 4) is 5.75 Å². The number of benzene rings is 1. The van der Waals surface area contributed by atoms with Gasteiger partial charge in [0.25, 0.3) is 0 Å². The molecule has 0 amide bonds. The Labute approximate surface area is 130 Å². The van der Waals surface area contributed by atoms with Gasteiger partial charge in [0.15, 0.2) is 0 Å². The van der Waals surface area contributed by atoms with E-state index in [4.69, 9.17) is 29.8 Å². The summed E-state index contributed by atoms with van der Waals surface area (Å²) >= 11 is 0. The molecule has 0 aromatic heterocycles. The Balaban J connectivity index is 0.00000116. The van der Waals surface area contributed by atoms with E-state index in [0.717, 1.165) is 7.11 Å². The molecule has 4 N–H and O–H groups in total. The first-order chi connectivity index (χ1) is 10.6. The molecule has 1 aromatic rings. The van der Waals surface area contributed by atoms with Crippen molar-refractivity contribution in [2.75, 3.05) is 33.7 Å². The lowest BCUT2D eigenvalue weighted by Crippen LogP contribution is -2.52. The zero-order chi connectivity index (χ0) is 16.5. The summed E-state index contributed by atoms with van der Waals surface area (Å²) < 4.78 is 21.8. The highest BCUT2D eigenvalue weighted by Gasteiger charge is 2.39. The van der Waals surface area contributed by atoms with E-state index in [-0.39, 0.29) is 6.10 Å². The van der Waals surface area contributed by atoms with Gasteiger partial charge in [0.05, 0.1) is 12.7 Å². The number of hydrogen-bond acceptors (Lipinski definition) is 7. The Bertz CT molecular complexity index is 413. The summed E-state index contributed by atoms with van der Waals surface area (Å²) in [6, 6.07) is 7.02. The molecular formula is C15H25NO6. The van der Waals surface area contributed by atoms with Crippen LogP contribution in [0.15, 0.2) is 24.3 Å². The summed E-state index contributed by atoms with van der Waals surface area (Å²) in [5.41, 5.74) is 6.29. The van der Waals surface area contributed by atoms with E-state index in [9.17, 15) is 5.11 Å². The maximum absolute atomic E-state index is 10.1. The van der Waals surface area contributed by atoms with Gasteiger partial charge in [0, 0.05) is 33.4 Å². The molecular weight excluding hydrogens is 290 g/mol. The van der Waals surface area contributed by atoms with Crippen LogP contribution in [0.3, 0.4) is 0 Å². The molecule has 1 aromatic carbocycles. The topological polar surface area (TPSA) is 103 Å². The Morgan fingerprint density at radius 3 is 2.41 bits per heavy atom. The van der Waals surface area contributed by atoms with Crippen molar-refractivity contribution >= 4 is 5.69 Å². The van der Waals surface area contributed by atoms with Gasteiger partial charge >= 0.3 is 0 Å². The van der Waals surface area contributed by atoms with Crippen molar-refractivity contribution in [3.05, 3.63) is 24.3 Å². The van der Waals surface area contributed by atoms with Crippen LogP contribution in [0.4, 0.5) is 5.69 Å². The second kappa shape index (κ2) is 9.60. The van der Waals surface area contributed by atoms with Crippen molar-refractivity contribution in [2.45, 2.75) is 31.0 Å². The first-order valence-electron chi connectivity index (χ1n) is 6.96. The normalized spacial score (nSPS) is 27.7. The molecule has 7 nitrogen and oxygen atoms in total. The number of aliphatic hydroxyl groups is 2. The largest absolute Gasteiger partial charge is 0.465 e. The molecule has 1 unspecified atom stereocenters. The molecule has 0 aliphatic carbocycles. The van der Waals surface area contributed by atoms with Gasteiger partial charge < -0.3 is 34.9 Å². The molecule has 4 atom stereocenters. The Kier molecular flexibility index (Phi) is 8.15. The Morgan fingerprint density at radius 2 is 1.86 bits per heavy atom. The molecule has 126 valence electrons. The number of nitrogen functional groups attached to an aromatic ring is 1. The van der Waals surface area contributed by atoms with Crippen molar-refractivity contribution < 1.29 is 29.2 Å². The maximum Gasteiger partial charge on any atom is 0.202 e. The highest BCUT2D eigenvalue weighted by molar-refractivity contribution is 5.41. The first-order valence-corrected chi connectivity index (χ1v) is 6.96. The predicted octanol–water partition coefficient (Wildman–Crippen LogP) is 0.393. The number of hydrogen-bond donors (Lipinski definition) is 3. The molecule has 22 heavy (non-hydrogen) atoms. The van der Waals surface area contributed by atoms with Crippen molar-refractivity contribution in [1.82, 2.24) is 0 Å². The fourth-order valence-electron chi connectivity index (χ4n) is 2.29. The number of methoxy groups -OCH3 is 2. The molecule has 7 heteroatoms. The number of anilines is 1. The zero-order valence-corrected chi connectivity index (χ0v) is 13.1. The van der Waals surface area contributed by atoms with E-state index in [1.54, 1.807) is 38.5 Å². The minimum Gasteiger partial charge on any atom is -0.465 e. The summed E-state index contributed by atoms with van der Waals surface area (Å²) in [6.07, 6.45) is -1.65. The van der Waals surface area contributed by atoms with Crippen LogP contribution in [0.1, 0.15) is 6.42 Å². The molecule has 1 aliphatic heterocycles. The van der Waals surface area contributed by atoms with Gasteiger partial charge in [-0.05, 0) is 24.3 Å². The molecule has 1 heterocycles. The van der Waals surface area contributed by atoms with E-state index in [2.05, 4.69) is 0 Å². The van der Waals surface area contributed by atoms with Crippen LogP contribution in [-0.4, -0.2) is 62.8 Å². The Morgan fingerprint density at radius 1 is 1.23 bits per heavy atom. The minimum absolute atomic E-state index is 0.331. The maximum atomic E-state index is 10.1. The highest BCUT2D eigenvalue weighted by atomic mass is 16.7. The molecule has 1 fully saturated rings. The van der Waals surface area contributed by atoms with Crippen LogP contribution in [0.25, 0.3) is 0 Å². The number of nitrogens with two attached hydrogens (primary N) is 1. The summed E-state index contributed by atoms with van der Waals surface area (Å²) in [7, 11) is 4.12. The van der Waals surface area contributed by atoms with E-state index in [1.807, 2.05) is 0 Å². The lowest BCUT2D eigenvalue weighted by Gasteiger charge is -2.38. The van der Waals surface area contributed by atoms with Crippen LogP contribution < -0.4 is 10.5 Å². The van der Waals surface area contributed by atoms with Gasteiger partial charge in [-0.2, -0.15) is 0 Å². The molecule has 0 saturated carbocycles. The Hall–Kier alpha value is -1.38. The molecule has 0 spiro atoms. The lowest BCUT2D eigenvalue weighted by molar-refractivity contribution is -0.237. The standard InChI is InChI=1S/C14H21NO5.CH4O/c1-17-8-12-14(18-2)11(16)7-13(20-12)19-10-5-3-9(15)4-6-10;1-2/h3-6,11-14,16H,7-8,15H2,1-2H3;2H,1H3/t11-,12-,13?,14-;/m1./s1. The lowest BCUT2D eigenvalue weighted by atomic mass is 10.0. The fraction of sp³-hybridized carbons (Fsp3) is 0.600. The zero-order valence-electron chi connectivity index (χ0n) is 13.1. The van der Waals surface area contributed by atoms with Gasteiger partial charge in [-0.15, -0.1) is 0 Å². The molecule has 2 rings (SSSR count). The van der Waals surface area contributed by atoms with Crippen LogP contribution in [0, 0.1) is 0 Å². The highest BCUT2D eigenvalue weighted by Crippen LogP contribution is 2.25.